The Morgan fingerprint density at radius 3 is 2.36 bits per heavy atom. The number of rotatable bonds is 3. The molecule has 3 aliphatic rings. The van der Waals surface area contributed by atoms with Crippen molar-refractivity contribution < 1.29 is 9.59 Å². The van der Waals surface area contributed by atoms with Crippen LogP contribution in [-0.2, 0) is 4.79 Å². The molecule has 25 heavy (non-hydrogen) atoms. The van der Waals surface area contributed by atoms with Crippen LogP contribution in [0.25, 0.3) is 0 Å². The molecule has 0 spiro atoms. The Hall–Kier alpha value is -1.88. The van der Waals surface area contributed by atoms with Gasteiger partial charge in [0.1, 0.15) is 0 Å². The van der Waals surface area contributed by atoms with Crippen LogP contribution in [0.2, 0.25) is 0 Å². The summed E-state index contributed by atoms with van der Waals surface area (Å²) >= 11 is 0. The summed E-state index contributed by atoms with van der Waals surface area (Å²) in [6.07, 6.45) is 6.02. The molecule has 3 saturated heterocycles. The number of hydrogen-bond acceptors (Lipinski definition) is 3. The van der Waals surface area contributed by atoms with Gasteiger partial charge in [0.25, 0.3) is 5.91 Å². The fourth-order valence-corrected chi connectivity index (χ4v) is 4.85. The van der Waals surface area contributed by atoms with Crippen molar-refractivity contribution in [1.29, 1.82) is 0 Å². The van der Waals surface area contributed by atoms with E-state index in [1.165, 1.54) is 0 Å². The van der Waals surface area contributed by atoms with Gasteiger partial charge in [-0.1, -0.05) is 18.2 Å². The van der Waals surface area contributed by atoms with E-state index >= 15 is 0 Å². The number of carbonyl (C=O) groups is 2. The molecule has 4 rings (SSSR count). The van der Waals surface area contributed by atoms with E-state index in [4.69, 9.17) is 0 Å². The standard InChI is InChI=1S/C20H27N3O2/c1-22(19(24)14-6-3-2-4-7-14)17-12-15-9-10-16(13-17)23(15)20(25)18-8-5-11-21-18/h2-4,6-7,15-18,21H,5,8-13H2,1H3. The number of amides is 2. The van der Waals surface area contributed by atoms with Crippen molar-refractivity contribution in [2.45, 2.75) is 62.7 Å². The van der Waals surface area contributed by atoms with Crippen LogP contribution in [0.15, 0.2) is 30.3 Å². The van der Waals surface area contributed by atoms with Gasteiger partial charge in [-0.25, -0.2) is 0 Å². The predicted octanol–water partition coefficient (Wildman–Crippen LogP) is 2.03. The summed E-state index contributed by atoms with van der Waals surface area (Å²) in [6, 6.07) is 10.3. The van der Waals surface area contributed by atoms with E-state index in [0.29, 0.717) is 18.0 Å². The van der Waals surface area contributed by atoms with E-state index < -0.39 is 0 Å². The van der Waals surface area contributed by atoms with Crippen molar-refractivity contribution in [3.63, 3.8) is 0 Å². The van der Waals surface area contributed by atoms with Crippen molar-refractivity contribution in [3.8, 4) is 0 Å². The van der Waals surface area contributed by atoms with Crippen LogP contribution in [0.3, 0.4) is 0 Å². The van der Waals surface area contributed by atoms with Crippen LogP contribution in [0.5, 0.6) is 0 Å². The molecule has 1 aromatic carbocycles. The molecule has 0 aliphatic carbocycles. The van der Waals surface area contributed by atoms with Crippen LogP contribution in [0.1, 0.15) is 48.9 Å². The first-order chi connectivity index (χ1) is 12.1. The van der Waals surface area contributed by atoms with Gasteiger partial charge in [0.2, 0.25) is 5.91 Å². The monoisotopic (exact) mass is 341 g/mol. The maximum Gasteiger partial charge on any atom is 0.253 e. The lowest BCUT2D eigenvalue weighted by Crippen LogP contribution is -2.56. The van der Waals surface area contributed by atoms with Gasteiger partial charge >= 0.3 is 0 Å². The lowest BCUT2D eigenvalue weighted by molar-refractivity contribution is -0.138. The Bertz CT molecular complexity index is 628. The van der Waals surface area contributed by atoms with E-state index in [1.807, 2.05) is 42.3 Å². The smallest absolute Gasteiger partial charge is 0.253 e. The van der Waals surface area contributed by atoms with Crippen molar-refractivity contribution in [2.75, 3.05) is 13.6 Å². The summed E-state index contributed by atoms with van der Waals surface area (Å²) in [5, 5.41) is 3.34. The number of benzene rings is 1. The van der Waals surface area contributed by atoms with E-state index in [1.54, 1.807) is 0 Å². The molecule has 0 radical (unpaired) electrons. The number of nitrogens with one attached hydrogen (secondary N) is 1. The molecule has 3 aliphatic heterocycles. The second kappa shape index (κ2) is 6.79. The van der Waals surface area contributed by atoms with Crippen molar-refractivity contribution in [1.82, 2.24) is 15.1 Å². The lowest BCUT2D eigenvalue weighted by Gasteiger charge is -2.43. The van der Waals surface area contributed by atoms with E-state index in [-0.39, 0.29) is 18.0 Å². The fourth-order valence-electron chi connectivity index (χ4n) is 4.85. The van der Waals surface area contributed by atoms with Crippen molar-refractivity contribution >= 4 is 11.8 Å². The minimum absolute atomic E-state index is 0.0170. The lowest BCUT2D eigenvalue weighted by atomic mass is 9.94. The van der Waals surface area contributed by atoms with Crippen molar-refractivity contribution in [3.05, 3.63) is 35.9 Å². The minimum atomic E-state index is 0.0170. The molecule has 0 aromatic heterocycles. The first kappa shape index (κ1) is 16.6. The second-order valence-corrected chi connectivity index (χ2v) is 7.69. The quantitative estimate of drug-likeness (QED) is 0.915. The number of carbonyl (C=O) groups excluding carboxylic acids is 2. The second-order valence-electron chi connectivity index (χ2n) is 7.69. The molecule has 3 unspecified atom stereocenters. The van der Waals surface area contributed by atoms with Crippen LogP contribution in [-0.4, -0.2) is 59.4 Å². The van der Waals surface area contributed by atoms with Gasteiger partial charge in [0.15, 0.2) is 0 Å². The number of hydrogen-bond donors (Lipinski definition) is 1. The summed E-state index contributed by atoms with van der Waals surface area (Å²) < 4.78 is 0. The zero-order valence-corrected chi connectivity index (χ0v) is 14.9. The van der Waals surface area contributed by atoms with E-state index in [2.05, 4.69) is 10.2 Å². The van der Waals surface area contributed by atoms with Crippen LogP contribution in [0.4, 0.5) is 0 Å². The highest BCUT2D eigenvalue weighted by Crippen LogP contribution is 2.38. The SMILES string of the molecule is CN(C(=O)c1ccccc1)C1CC2CCC(C1)N2C(=O)C1CCCN1. The predicted molar refractivity (Wildman–Crippen MR) is 96.2 cm³/mol. The van der Waals surface area contributed by atoms with Gasteiger partial charge in [-0.3, -0.25) is 9.59 Å². The van der Waals surface area contributed by atoms with Crippen LogP contribution < -0.4 is 5.32 Å². The first-order valence-electron chi connectivity index (χ1n) is 9.53. The van der Waals surface area contributed by atoms with E-state index in [9.17, 15) is 9.59 Å². The maximum absolute atomic E-state index is 12.9. The molecule has 134 valence electrons. The van der Waals surface area contributed by atoms with Gasteiger partial charge in [-0.2, -0.15) is 0 Å². The van der Waals surface area contributed by atoms with Crippen LogP contribution in [0, 0.1) is 0 Å². The molecule has 5 nitrogen and oxygen atoms in total. The molecule has 3 fully saturated rings. The Labute approximate surface area is 149 Å². The molecule has 0 saturated carbocycles. The van der Waals surface area contributed by atoms with Gasteiger partial charge in [-0.15, -0.1) is 0 Å². The Kier molecular flexibility index (Phi) is 4.50. The topological polar surface area (TPSA) is 52.7 Å². The molecular weight excluding hydrogens is 314 g/mol. The third-order valence-corrected chi connectivity index (χ3v) is 6.21. The number of piperidine rings is 1. The molecule has 2 amide bonds. The summed E-state index contributed by atoms with van der Waals surface area (Å²) in [5.41, 5.74) is 0.742. The number of fused-ring (bicyclic) bond motifs is 2. The van der Waals surface area contributed by atoms with Gasteiger partial charge < -0.3 is 15.1 Å². The first-order valence-corrected chi connectivity index (χ1v) is 9.53. The Morgan fingerprint density at radius 2 is 1.76 bits per heavy atom. The largest absolute Gasteiger partial charge is 0.339 e. The summed E-state index contributed by atoms with van der Waals surface area (Å²) in [5.74, 6) is 0.378. The van der Waals surface area contributed by atoms with Gasteiger partial charge in [0, 0.05) is 30.7 Å². The molecule has 1 aromatic rings. The minimum Gasteiger partial charge on any atom is -0.339 e. The van der Waals surface area contributed by atoms with Crippen LogP contribution >= 0.6 is 0 Å². The molecule has 3 atom stereocenters. The summed E-state index contributed by atoms with van der Waals surface area (Å²) in [7, 11) is 1.91. The Balaban J connectivity index is 1.44. The molecule has 5 heteroatoms. The highest BCUT2D eigenvalue weighted by atomic mass is 16.2. The third-order valence-electron chi connectivity index (χ3n) is 6.21. The summed E-state index contributed by atoms with van der Waals surface area (Å²) in [6.45, 7) is 0.955. The number of nitrogens with zero attached hydrogens (tertiary/aromatic N) is 2. The molecule has 2 bridgehead atoms. The Morgan fingerprint density at radius 1 is 1.08 bits per heavy atom. The van der Waals surface area contributed by atoms with Gasteiger partial charge in [-0.05, 0) is 57.2 Å². The zero-order valence-electron chi connectivity index (χ0n) is 14.9. The highest BCUT2D eigenvalue weighted by molar-refractivity contribution is 5.94. The highest BCUT2D eigenvalue weighted by Gasteiger charge is 2.46. The average molecular weight is 341 g/mol. The molecular formula is C20H27N3O2. The summed E-state index contributed by atoms with van der Waals surface area (Å²) in [4.78, 5) is 29.7. The van der Waals surface area contributed by atoms with Crippen molar-refractivity contribution in [2.24, 2.45) is 0 Å². The third kappa shape index (κ3) is 3.06. The fraction of sp³-hybridized carbons (Fsp3) is 0.600. The molecule has 1 N–H and O–H groups in total. The normalized spacial score (nSPS) is 31.2. The average Bonchev–Trinajstić information content (AvgIpc) is 3.27. The zero-order chi connectivity index (χ0) is 17.4. The van der Waals surface area contributed by atoms with Gasteiger partial charge in [0.05, 0.1) is 6.04 Å². The maximum atomic E-state index is 12.9. The molecule has 3 heterocycles. The van der Waals surface area contributed by atoms with E-state index in [0.717, 1.165) is 50.6 Å².